The third kappa shape index (κ3) is 5.05. The summed E-state index contributed by atoms with van der Waals surface area (Å²) in [5, 5.41) is 3.61. The summed E-state index contributed by atoms with van der Waals surface area (Å²) in [5.74, 6) is 0.231. The molecule has 0 bridgehead atoms. The van der Waals surface area contributed by atoms with E-state index in [9.17, 15) is 9.59 Å². The zero-order chi connectivity index (χ0) is 26.1. The van der Waals surface area contributed by atoms with Crippen LogP contribution < -0.4 is 11.0 Å². The molecule has 1 N–H and O–H groups in total. The van der Waals surface area contributed by atoms with E-state index in [1.807, 2.05) is 47.2 Å². The van der Waals surface area contributed by atoms with E-state index < -0.39 is 0 Å². The Morgan fingerprint density at radius 2 is 1.86 bits per heavy atom. The number of rotatable bonds is 6. The first-order valence-electron chi connectivity index (χ1n) is 12.9. The van der Waals surface area contributed by atoms with Crippen molar-refractivity contribution < 1.29 is 4.79 Å². The first-order valence-corrected chi connectivity index (χ1v) is 13.3. The molecule has 1 aliphatic rings. The van der Waals surface area contributed by atoms with Gasteiger partial charge in [0, 0.05) is 24.5 Å². The molecule has 0 unspecified atom stereocenters. The van der Waals surface area contributed by atoms with Gasteiger partial charge in [0.1, 0.15) is 0 Å². The highest BCUT2D eigenvalue weighted by Gasteiger charge is 2.26. The molecule has 8 heteroatoms. The van der Waals surface area contributed by atoms with Crippen molar-refractivity contribution >= 4 is 28.5 Å². The Morgan fingerprint density at radius 1 is 1.08 bits per heavy atom. The minimum atomic E-state index is -0.131. The van der Waals surface area contributed by atoms with E-state index in [4.69, 9.17) is 11.6 Å². The van der Waals surface area contributed by atoms with E-state index in [2.05, 4.69) is 28.3 Å². The van der Waals surface area contributed by atoms with Gasteiger partial charge in [-0.3, -0.25) is 23.9 Å². The highest BCUT2D eigenvalue weighted by atomic mass is 35.5. The molecule has 0 saturated heterocycles. The quantitative estimate of drug-likeness (QED) is 0.371. The second-order valence-corrected chi connectivity index (χ2v) is 10.4. The number of pyridine rings is 2. The molecule has 4 aromatic rings. The Bertz CT molecular complexity index is 1500. The average molecular weight is 518 g/mol. The molecule has 1 saturated carbocycles. The van der Waals surface area contributed by atoms with Gasteiger partial charge in [0.05, 0.1) is 39.2 Å². The number of hydrogen-bond acceptors (Lipinski definition) is 4. The lowest BCUT2D eigenvalue weighted by Gasteiger charge is -2.29. The number of aromatic nitrogens is 4. The second kappa shape index (κ2) is 10.5. The van der Waals surface area contributed by atoms with Crippen molar-refractivity contribution in [1.29, 1.82) is 0 Å². The van der Waals surface area contributed by atoms with Crippen LogP contribution in [-0.2, 0) is 13.0 Å². The summed E-state index contributed by atoms with van der Waals surface area (Å²) in [4.78, 5) is 35.2. The highest BCUT2D eigenvalue weighted by Crippen LogP contribution is 2.29. The normalized spacial score (nSPS) is 17.7. The molecule has 5 rings (SSSR count). The third-order valence-corrected chi connectivity index (χ3v) is 7.70. The SMILES string of the molecule is CCc1cccc2c1n(-c1ccc(C)nc1)c(=O)n2CC1CCC(NC(=O)c2cc(Cl)cnc2C)CC1. The van der Waals surface area contributed by atoms with Crippen molar-refractivity contribution in [2.24, 2.45) is 5.92 Å². The monoisotopic (exact) mass is 517 g/mol. The largest absolute Gasteiger partial charge is 0.349 e. The molecule has 0 atom stereocenters. The standard InChI is InChI=1S/C29H32ClN5O2/c1-4-21-6-5-7-26-27(21)35(24-13-8-18(2)31-16-24)29(37)34(26)17-20-9-11-23(12-10-20)33-28(36)25-14-22(30)15-32-19(25)3/h5-8,13-16,20,23H,4,9-12,17H2,1-3H3,(H,33,36). The minimum Gasteiger partial charge on any atom is -0.349 e. The fourth-order valence-electron chi connectivity index (χ4n) is 5.41. The summed E-state index contributed by atoms with van der Waals surface area (Å²) in [6, 6.07) is 11.8. The fourth-order valence-corrected chi connectivity index (χ4v) is 5.57. The van der Waals surface area contributed by atoms with Gasteiger partial charge >= 0.3 is 5.69 Å². The number of carbonyl (C=O) groups excluding carboxylic acids is 1. The van der Waals surface area contributed by atoms with Crippen LogP contribution in [0.2, 0.25) is 5.02 Å². The molecule has 1 aliphatic carbocycles. The number of aryl methyl sites for hydroxylation is 3. The number of hydrogen-bond donors (Lipinski definition) is 1. The van der Waals surface area contributed by atoms with Crippen LogP contribution in [0.4, 0.5) is 0 Å². The Kier molecular flexibility index (Phi) is 7.15. The zero-order valence-corrected chi connectivity index (χ0v) is 22.3. The van der Waals surface area contributed by atoms with Crippen LogP contribution in [0, 0.1) is 19.8 Å². The molecule has 37 heavy (non-hydrogen) atoms. The molecule has 3 heterocycles. The second-order valence-electron chi connectivity index (χ2n) is 10.0. The van der Waals surface area contributed by atoms with Crippen molar-refractivity contribution in [3.05, 3.63) is 86.8 Å². The van der Waals surface area contributed by atoms with Crippen molar-refractivity contribution in [3.8, 4) is 5.69 Å². The van der Waals surface area contributed by atoms with Gasteiger partial charge in [-0.05, 0) is 81.7 Å². The Hall–Kier alpha value is -3.45. The summed E-state index contributed by atoms with van der Waals surface area (Å²) in [6.07, 6.45) is 7.80. The molecule has 192 valence electrons. The molecule has 7 nitrogen and oxygen atoms in total. The van der Waals surface area contributed by atoms with Gasteiger partial charge in [0.2, 0.25) is 0 Å². The van der Waals surface area contributed by atoms with E-state index in [1.165, 1.54) is 0 Å². The molecule has 0 spiro atoms. The predicted molar refractivity (Wildman–Crippen MR) is 147 cm³/mol. The molecular formula is C29H32ClN5O2. The average Bonchev–Trinajstić information content (AvgIpc) is 3.18. The van der Waals surface area contributed by atoms with Gasteiger partial charge in [0.15, 0.2) is 0 Å². The van der Waals surface area contributed by atoms with Crippen LogP contribution in [0.1, 0.15) is 59.9 Å². The first kappa shape index (κ1) is 25.2. The summed E-state index contributed by atoms with van der Waals surface area (Å²) in [5.41, 5.74) is 5.94. The summed E-state index contributed by atoms with van der Waals surface area (Å²) < 4.78 is 3.74. The van der Waals surface area contributed by atoms with Crippen LogP contribution in [0.5, 0.6) is 0 Å². The van der Waals surface area contributed by atoms with Crippen LogP contribution in [0.15, 0.2) is 53.6 Å². The van der Waals surface area contributed by atoms with Gasteiger partial charge in [-0.25, -0.2) is 4.79 Å². The molecule has 1 fully saturated rings. The topological polar surface area (TPSA) is 81.8 Å². The van der Waals surface area contributed by atoms with Gasteiger partial charge < -0.3 is 5.32 Å². The van der Waals surface area contributed by atoms with E-state index >= 15 is 0 Å². The maximum absolute atomic E-state index is 13.8. The van der Waals surface area contributed by atoms with E-state index in [0.29, 0.717) is 28.7 Å². The van der Waals surface area contributed by atoms with Crippen LogP contribution >= 0.6 is 11.6 Å². The first-order chi connectivity index (χ1) is 17.9. The predicted octanol–water partition coefficient (Wildman–Crippen LogP) is 5.40. The number of carbonyl (C=O) groups is 1. The van der Waals surface area contributed by atoms with Gasteiger partial charge in [-0.2, -0.15) is 0 Å². The lowest BCUT2D eigenvalue weighted by atomic mass is 9.85. The van der Waals surface area contributed by atoms with Crippen molar-refractivity contribution in [2.75, 3.05) is 0 Å². The lowest BCUT2D eigenvalue weighted by Crippen LogP contribution is -2.39. The van der Waals surface area contributed by atoms with Gasteiger partial charge in [-0.1, -0.05) is 30.7 Å². The summed E-state index contributed by atoms with van der Waals surface area (Å²) in [7, 11) is 0. The van der Waals surface area contributed by atoms with E-state index in [-0.39, 0.29) is 17.6 Å². The van der Waals surface area contributed by atoms with Crippen molar-refractivity contribution in [3.63, 3.8) is 0 Å². The summed E-state index contributed by atoms with van der Waals surface area (Å²) in [6.45, 7) is 6.53. The molecule has 3 aromatic heterocycles. The number of nitrogens with zero attached hydrogens (tertiary/aromatic N) is 4. The number of para-hydroxylation sites is 1. The van der Waals surface area contributed by atoms with Gasteiger partial charge in [-0.15, -0.1) is 0 Å². The number of fused-ring (bicyclic) bond motifs is 1. The highest BCUT2D eigenvalue weighted by molar-refractivity contribution is 6.30. The van der Waals surface area contributed by atoms with Crippen LogP contribution in [0.25, 0.3) is 16.7 Å². The van der Waals surface area contributed by atoms with Crippen molar-refractivity contribution in [1.82, 2.24) is 24.4 Å². The van der Waals surface area contributed by atoms with E-state index in [0.717, 1.165) is 60.1 Å². The number of imidazole rings is 1. The molecule has 0 radical (unpaired) electrons. The number of amides is 1. The van der Waals surface area contributed by atoms with E-state index in [1.54, 1.807) is 18.5 Å². The molecule has 1 aromatic carbocycles. The summed E-state index contributed by atoms with van der Waals surface area (Å²) >= 11 is 6.05. The van der Waals surface area contributed by atoms with Crippen LogP contribution in [0.3, 0.4) is 0 Å². The lowest BCUT2D eigenvalue weighted by molar-refractivity contribution is 0.0919. The Balaban J connectivity index is 1.35. The molecule has 1 amide bonds. The smallest absolute Gasteiger partial charge is 0.333 e. The van der Waals surface area contributed by atoms with Crippen molar-refractivity contribution in [2.45, 2.75) is 65.5 Å². The van der Waals surface area contributed by atoms with Gasteiger partial charge in [0.25, 0.3) is 5.91 Å². The maximum Gasteiger partial charge on any atom is 0.333 e. The zero-order valence-electron chi connectivity index (χ0n) is 21.5. The Morgan fingerprint density at radius 3 is 2.57 bits per heavy atom. The number of benzene rings is 1. The number of halogens is 1. The fraction of sp³-hybridized carbons (Fsp3) is 0.379. The van der Waals surface area contributed by atoms with Crippen LogP contribution in [-0.4, -0.2) is 31.1 Å². The maximum atomic E-state index is 13.8. The third-order valence-electron chi connectivity index (χ3n) is 7.49. The molecule has 0 aliphatic heterocycles. The Labute approximate surface area is 221 Å². The molecular weight excluding hydrogens is 486 g/mol. The minimum absolute atomic E-state index is 0.0269. The number of nitrogens with one attached hydrogen (secondary N) is 1.